The first-order valence-corrected chi connectivity index (χ1v) is 16.5. The van der Waals surface area contributed by atoms with Crippen LogP contribution in [0.2, 0.25) is 0 Å². The summed E-state index contributed by atoms with van der Waals surface area (Å²) in [6.07, 6.45) is 2.30. The lowest BCUT2D eigenvalue weighted by Gasteiger charge is -2.47. The van der Waals surface area contributed by atoms with Crippen LogP contribution in [0.1, 0.15) is 62.6 Å². The first-order chi connectivity index (χ1) is 20.4. The van der Waals surface area contributed by atoms with Crippen molar-refractivity contribution in [1.82, 2.24) is 14.9 Å². The maximum atomic E-state index is 13.7. The maximum absolute atomic E-state index is 13.7. The second-order valence-corrected chi connectivity index (χ2v) is 15.1. The SMILES string of the molecule is Cc1cccc(C)c1-c1cc2nc(n1)NS(=O)(=O)c1cccc(c1)C([C@H]1C[C@@H](N3CCOC3=O)C1)[C@H](CC(C)(C)C)CO2. The Balaban J connectivity index is 1.43. The third-order valence-corrected chi connectivity index (χ3v) is 10.3. The minimum Gasteiger partial charge on any atom is -0.477 e. The normalized spacial score (nSPS) is 25.0. The summed E-state index contributed by atoms with van der Waals surface area (Å²) in [6.45, 7) is 12.1. The van der Waals surface area contributed by atoms with Gasteiger partial charge in [-0.2, -0.15) is 4.98 Å². The van der Waals surface area contributed by atoms with E-state index in [9.17, 15) is 13.2 Å². The average Bonchev–Trinajstić information content (AvgIpc) is 3.32. The van der Waals surface area contributed by atoms with Crippen LogP contribution in [0.4, 0.5) is 10.7 Å². The molecule has 10 heteroatoms. The Morgan fingerprint density at radius 2 is 1.72 bits per heavy atom. The van der Waals surface area contributed by atoms with Crippen molar-refractivity contribution < 1.29 is 22.7 Å². The van der Waals surface area contributed by atoms with Crippen LogP contribution in [0, 0.1) is 31.1 Å². The van der Waals surface area contributed by atoms with Gasteiger partial charge in [-0.1, -0.05) is 51.1 Å². The highest BCUT2D eigenvalue weighted by Crippen LogP contribution is 2.49. The number of fused-ring (bicyclic) bond motifs is 4. The fourth-order valence-electron chi connectivity index (χ4n) is 7.07. The molecule has 9 nitrogen and oxygen atoms in total. The summed E-state index contributed by atoms with van der Waals surface area (Å²) in [4.78, 5) is 23.4. The van der Waals surface area contributed by atoms with E-state index in [2.05, 4.69) is 35.5 Å². The summed E-state index contributed by atoms with van der Waals surface area (Å²) in [5.74, 6) is 0.671. The van der Waals surface area contributed by atoms with Crippen LogP contribution in [0.25, 0.3) is 11.3 Å². The number of rotatable bonds is 4. The van der Waals surface area contributed by atoms with E-state index < -0.39 is 10.0 Å². The molecular formula is C33H40N4O5S. The van der Waals surface area contributed by atoms with Crippen molar-refractivity contribution in [1.29, 1.82) is 0 Å². The van der Waals surface area contributed by atoms with Crippen LogP contribution < -0.4 is 9.46 Å². The van der Waals surface area contributed by atoms with Crippen molar-refractivity contribution >= 4 is 22.1 Å². The Kier molecular flexibility index (Phi) is 7.61. The standard InChI is InChI=1S/C33H40N4O5S/c1-20-8-6-9-21(2)29(20)27-17-28-35-31(34-27)36-43(39,40)26-11-7-10-22(16-26)30(24(19-42-28)18-33(3,4)5)23-14-25(15-23)37-12-13-41-32(37)38/h6-11,16-17,23-25,30H,12-15,18-19H2,1-5H3,(H,34,35,36)/t23-,24-,25+,30?/m1/s1. The average molecular weight is 605 g/mol. The molecule has 228 valence electrons. The molecule has 1 aliphatic carbocycles. The van der Waals surface area contributed by atoms with E-state index in [1.165, 1.54) is 0 Å². The van der Waals surface area contributed by atoms with E-state index >= 15 is 0 Å². The van der Waals surface area contributed by atoms with Gasteiger partial charge in [-0.25, -0.2) is 22.9 Å². The number of aromatic nitrogens is 2. The number of aryl methyl sites for hydroxylation is 2. The molecular weight excluding hydrogens is 564 g/mol. The van der Waals surface area contributed by atoms with Crippen LogP contribution in [0.3, 0.4) is 0 Å². The summed E-state index contributed by atoms with van der Waals surface area (Å²) >= 11 is 0. The van der Waals surface area contributed by atoms with Gasteiger partial charge in [-0.05, 0) is 79.2 Å². The number of nitrogens with one attached hydrogen (secondary N) is 1. The molecule has 43 heavy (non-hydrogen) atoms. The zero-order valence-electron chi connectivity index (χ0n) is 25.5. The predicted octanol–water partition coefficient (Wildman–Crippen LogP) is 6.32. The fraction of sp³-hybridized carbons (Fsp3) is 0.485. The van der Waals surface area contributed by atoms with Gasteiger partial charge in [0, 0.05) is 23.6 Å². The first kappa shape index (κ1) is 29.4. The van der Waals surface area contributed by atoms with Gasteiger partial charge in [-0.3, -0.25) is 0 Å². The third-order valence-electron chi connectivity index (χ3n) is 8.94. The second-order valence-electron chi connectivity index (χ2n) is 13.4. The third kappa shape index (κ3) is 6.07. The monoisotopic (exact) mass is 604 g/mol. The highest BCUT2D eigenvalue weighted by molar-refractivity contribution is 7.92. The van der Waals surface area contributed by atoms with Crippen LogP contribution in [0.15, 0.2) is 53.4 Å². The molecule has 1 N–H and O–H groups in total. The van der Waals surface area contributed by atoms with Crippen molar-refractivity contribution in [3.63, 3.8) is 0 Å². The largest absolute Gasteiger partial charge is 0.477 e. The Morgan fingerprint density at radius 1 is 1.00 bits per heavy atom. The van der Waals surface area contributed by atoms with Crippen molar-refractivity contribution in [3.8, 4) is 17.1 Å². The quantitative estimate of drug-likeness (QED) is 0.371. The van der Waals surface area contributed by atoms with E-state index in [4.69, 9.17) is 9.47 Å². The first-order valence-electron chi connectivity index (χ1n) is 15.0. The molecule has 1 unspecified atom stereocenters. The summed E-state index contributed by atoms with van der Waals surface area (Å²) in [6, 6.07) is 15.2. The minimum absolute atomic E-state index is 0.00322. The molecule has 2 atom stereocenters. The molecule has 3 aliphatic rings. The number of hydrogen-bond donors (Lipinski definition) is 1. The topological polar surface area (TPSA) is 111 Å². The number of anilines is 1. The molecule has 3 heterocycles. The molecule has 1 saturated carbocycles. The number of cyclic esters (lactones) is 1. The van der Waals surface area contributed by atoms with E-state index in [0.29, 0.717) is 31.3 Å². The van der Waals surface area contributed by atoms with Gasteiger partial charge in [0.15, 0.2) is 0 Å². The van der Waals surface area contributed by atoms with Crippen molar-refractivity contribution in [2.45, 2.75) is 70.7 Å². The highest BCUT2D eigenvalue weighted by atomic mass is 32.2. The van der Waals surface area contributed by atoms with Gasteiger partial charge in [0.2, 0.25) is 11.8 Å². The zero-order chi connectivity index (χ0) is 30.5. The van der Waals surface area contributed by atoms with Gasteiger partial charge in [0.25, 0.3) is 10.0 Å². The van der Waals surface area contributed by atoms with Gasteiger partial charge >= 0.3 is 6.09 Å². The number of hydrogen-bond acceptors (Lipinski definition) is 7. The van der Waals surface area contributed by atoms with Crippen molar-refractivity contribution in [2.24, 2.45) is 17.3 Å². The van der Waals surface area contributed by atoms with Gasteiger partial charge in [0.05, 0.1) is 23.7 Å². The molecule has 4 bridgehead atoms. The van der Waals surface area contributed by atoms with E-state index in [1.807, 2.05) is 49.1 Å². The number of ether oxygens (including phenoxy) is 2. The smallest absolute Gasteiger partial charge is 0.410 e. The number of carbonyl (C=O) groups excluding carboxylic acids is 1. The number of carbonyl (C=O) groups is 1. The van der Waals surface area contributed by atoms with Gasteiger partial charge < -0.3 is 14.4 Å². The summed E-state index contributed by atoms with van der Waals surface area (Å²) in [7, 11) is -3.99. The predicted molar refractivity (Wildman–Crippen MR) is 165 cm³/mol. The number of sulfonamides is 1. The molecule has 2 aromatic carbocycles. The van der Waals surface area contributed by atoms with Gasteiger partial charge in [-0.15, -0.1) is 0 Å². The summed E-state index contributed by atoms with van der Waals surface area (Å²) in [5, 5.41) is 0. The summed E-state index contributed by atoms with van der Waals surface area (Å²) < 4.78 is 41.7. The number of amides is 1. The highest BCUT2D eigenvalue weighted by Gasteiger charge is 2.45. The Bertz CT molecular complexity index is 1620. The zero-order valence-corrected chi connectivity index (χ0v) is 26.3. The number of benzene rings is 2. The lowest BCUT2D eigenvalue weighted by Crippen LogP contribution is -2.48. The van der Waals surface area contributed by atoms with Crippen molar-refractivity contribution in [2.75, 3.05) is 24.5 Å². The summed E-state index contributed by atoms with van der Waals surface area (Å²) in [5.41, 5.74) is 4.55. The molecule has 1 aromatic heterocycles. The number of nitrogens with zero attached hydrogens (tertiary/aromatic N) is 3. The Labute approximate surface area is 254 Å². The molecule has 2 fully saturated rings. The second kappa shape index (κ2) is 11.1. The molecule has 1 amide bonds. The van der Waals surface area contributed by atoms with E-state index in [1.54, 1.807) is 18.2 Å². The Hall–Kier alpha value is -3.66. The Morgan fingerprint density at radius 3 is 2.40 bits per heavy atom. The van der Waals surface area contributed by atoms with Crippen LogP contribution >= 0.6 is 0 Å². The molecule has 1 saturated heterocycles. The van der Waals surface area contributed by atoms with Crippen molar-refractivity contribution in [3.05, 3.63) is 65.2 Å². The maximum Gasteiger partial charge on any atom is 0.410 e. The van der Waals surface area contributed by atoms with Gasteiger partial charge in [0.1, 0.15) is 6.61 Å². The van der Waals surface area contributed by atoms with Crippen LogP contribution in [-0.2, 0) is 14.8 Å². The lowest BCUT2D eigenvalue weighted by atomic mass is 9.63. The molecule has 3 aromatic rings. The van der Waals surface area contributed by atoms with Crippen LogP contribution in [-0.4, -0.2) is 55.2 Å². The van der Waals surface area contributed by atoms with Crippen LogP contribution in [0.5, 0.6) is 5.88 Å². The fourth-order valence-corrected chi connectivity index (χ4v) is 8.07. The molecule has 2 aliphatic heterocycles. The van der Waals surface area contributed by atoms with E-state index in [0.717, 1.165) is 41.5 Å². The minimum atomic E-state index is -3.99. The molecule has 0 radical (unpaired) electrons. The van der Waals surface area contributed by atoms with E-state index in [-0.39, 0.29) is 46.1 Å². The molecule has 6 rings (SSSR count). The lowest BCUT2D eigenvalue weighted by molar-refractivity contribution is 0.0563. The molecule has 0 spiro atoms.